The number of hydrogen-bond acceptors (Lipinski definition) is 8. The van der Waals surface area contributed by atoms with Crippen molar-refractivity contribution in [3.05, 3.63) is 12.5 Å². The van der Waals surface area contributed by atoms with Crippen LogP contribution in [0.5, 0.6) is 0 Å². The van der Waals surface area contributed by atoms with Crippen LogP contribution in [0.15, 0.2) is 12.5 Å². The van der Waals surface area contributed by atoms with Gasteiger partial charge in [0, 0.05) is 0 Å². The van der Waals surface area contributed by atoms with E-state index in [-0.39, 0.29) is 5.95 Å². The maximum atomic E-state index is 10.5. The maximum Gasteiger partial charge on any atom is 0.222 e. The summed E-state index contributed by atoms with van der Waals surface area (Å²) in [7, 11) is 0. The summed E-state index contributed by atoms with van der Waals surface area (Å²) in [6, 6.07) is 0. The molecule has 0 bridgehead atoms. The first-order valence-electron chi connectivity index (χ1n) is 6.11. The molecular weight excluding hydrogens is 278 g/mol. The van der Waals surface area contributed by atoms with E-state index in [0.29, 0.717) is 11.2 Å². The number of nitrogen functional groups attached to an aromatic ring is 1. The van der Waals surface area contributed by atoms with Crippen LogP contribution in [0.25, 0.3) is 11.2 Å². The molecule has 9 nitrogen and oxygen atoms in total. The summed E-state index contributed by atoms with van der Waals surface area (Å²) >= 11 is 0. The summed E-state index contributed by atoms with van der Waals surface area (Å²) in [5, 5.41) is 29.7. The van der Waals surface area contributed by atoms with E-state index in [2.05, 4.69) is 20.9 Å². The molecule has 3 heterocycles. The number of aliphatic hydroxyl groups is 3. The number of fused-ring (bicyclic) bond motifs is 1. The zero-order chi connectivity index (χ0) is 15.2. The van der Waals surface area contributed by atoms with Gasteiger partial charge in [-0.15, -0.1) is 6.42 Å². The highest BCUT2D eigenvalue weighted by Gasteiger charge is 2.55. The Morgan fingerprint density at radius 3 is 2.95 bits per heavy atom. The summed E-state index contributed by atoms with van der Waals surface area (Å²) in [5.41, 5.74) is 4.23. The topological polar surface area (TPSA) is 140 Å². The molecule has 0 radical (unpaired) electrons. The van der Waals surface area contributed by atoms with Gasteiger partial charge in [-0.2, -0.15) is 4.98 Å². The van der Waals surface area contributed by atoms with Crippen molar-refractivity contribution in [3.8, 4) is 12.3 Å². The summed E-state index contributed by atoms with van der Waals surface area (Å²) in [6.45, 7) is -0.495. The number of ether oxygens (including phenoxy) is 1. The number of aromatic nitrogens is 4. The number of nitrogens with two attached hydrogens (primary N) is 1. The number of aliphatic hydroxyl groups excluding tert-OH is 2. The molecule has 1 aliphatic rings. The molecule has 2 aromatic heterocycles. The highest BCUT2D eigenvalue weighted by atomic mass is 16.6. The summed E-state index contributed by atoms with van der Waals surface area (Å²) < 4.78 is 6.80. The monoisotopic (exact) mass is 291 g/mol. The Kier molecular flexibility index (Phi) is 3.03. The predicted molar refractivity (Wildman–Crippen MR) is 70.5 cm³/mol. The molecule has 9 heteroatoms. The van der Waals surface area contributed by atoms with Crippen molar-refractivity contribution in [2.24, 2.45) is 0 Å². The summed E-state index contributed by atoms with van der Waals surface area (Å²) in [4.78, 5) is 11.9. The summed E-state index contributed by atoms with van der Waals surface area (Å²) in [6.07, 6.45) is 4.46. The fourth-order valence-electron chi connectivity index (χ4n) is 2.36. The molecule has 2 aromatic rings. The maximum absolute atomic E-state index is 10.5. The van der Waals surface area contributed by atoms with Crippen LogP contribution in [0, 0.1) is 12.3 Å². The van der Waals surface area contributed by atoms with Gasteiger partial charge in [-0.3, -0.25) is 4.57 Å². The molecule has 1 aliphatic heterocycles. The third-order valence-electron chi connectivity index (χ3n) is 3.48. The lowest BCUT2D eigenvalue weighted by Crippen LogP contribution is -2.45. The van der Waals surface area contributed by atoms with E-state index in [1.807, 2.05) is 0 Å². The van der Waals surface area contributed by atoms with Gasteiger partial charge in [0.25, 0.3) is 0 Å². The number of nitrogens with zero attached hydrogens (tertiary/aromatic N) is 4. The second-order valence-electron chi connectivity index (χ2n) is 4.71. The highest BCUT2D eigenvalue weighted by Crippen LogP contribution is 2.39. The van der Waals surface area contributed by atoms with Crippen LogP contribution in [0.4, 0.5) is 5.95 Å². The largest absolute Gasteiger partial charge is 0.394 e. The van der Waals surface area contributed by atoms with E-state index in [1.165, 1.54) is 17.1 Å². The first-order chi connectivity index (χ1) is 10.0. The molecule has 0 spiro atoms. The molecule has 5 N–H and O–H groups in total. The van der Waals surface area contributed by atoms with E-state index >= 15 is 0 Å². The molecule has 1 fully saturated rings. The normalized spacial score (nSPS) is 32.4. The standard InChI is InChI=1S/C12H13N5O4/c1-2-12(20)8(19)7(4-18)21-10(12)17-5-15-6-3-14-11(13)16-9(6)17/h1,3,5,7-8,10,18-20H,4H2,(H2,13,14,16)/t7-,8-,10?,12-/m1/s1. The van der Waals surface area contributed by atoms with Crippen LogP contribution in [0.1, 0.15) is 6.23 Å². The molecule has 21 heavy (non-hydrogen) atoms. The first kappa shape index (κ1) is 13.7. The van der Waals surface area contributed by atoms with Gasteiger partial charge in [0.2, 0.25) is 5.95 Å². The highest BCUT2D eigenvalue weighted by molar-refractivity contribution is 5.70. The van der Waals surface area contributed by atoms with Crippen molar-refractivity contribution >= 4 is 17.1 Å². The Morgan fingerprint density at radius 1 is 1.52 bits per heavy atom. The second kappa shape index (κ2) is 4.64. The minimum absolute atomic E-state index is 0.0192. The van der Waals surface area contributed by atoms with Crippen molar-refractivity contribution < 1.29 is 20.1 Å². The van der Waals surface area contributed by atoms with Gasteiger partial charge in [-0.1, -0.05) is 5.92 Å². The second-order valence-corrected chi connectivity index (χ2v) is 4.71. The molecule has 0 aliphatic carbocycles. The van der Waals surface area contributed by atoms with Crippen LogP contribution < -0.4 is 5.73 Å². The third-order valence-corrected chi connectivity index (χ3v) is 3.48. The molecule has 4 atom stereocenters. The molecule has 1 unspecified atom stereocenters. The molecule has 3 rings (SSSR count). The lowest BCUT2D eigenvalue weighted by Gasteiger charge is -2.26. The molecule has 0 saturated carbocycles. The van der Waals surface area contributed by atoms with Gasteiger partial charge < -0.3 is 25.8 Å². The van der Waals surface area contributed by atoms with Crippen molar-refractivity contribution in [1.82, 2.24) is 19.5 Å². The fraction of sp³-hybridized carbons (Fsp3) is 0.417. The lowest BCUT2D eigenvalue weighted by atomic mass is 9.95. The molecule has 0 aromatic carbocycles. The van der Waals surface area contributed by atoms with E-state index in [0.717, 1.165) is 0 Å². The van der Waals surface area contributed by atoms with Crippen LogP contribution in [0.2, 0.25) is 0 Å². The number of terminal acetylenes is 1. The minimum atomic E-state index is -2.03. The van der Waals surface area contributed by atoms with E-state index in [1.54, 1.807) is 0 Å². The molecule has 1 saturated heterocycles. The minimum Gasteiger partial charge on any atom is -0.394 e. The first-order valence-corrected chi connectivity index (χ1v) is 6.11. The smallest absolute Gasteiger partial charge is 0.222 e. The van der Waals surface area contributed by atoms with Gasteiger partial charge in [0.15, 0.2) is 17.5 Å². The van der Waals surface area contributed by atoms with Gasteiger partial charge in [-0.25, -0.2) is 9.97 Å². The van der Waals surface area contributed by atoms with Crippen LogP contribution in [-0.4, -0.2) is 59.3 Å². The van der Waals surface area contributed by atoms with Crippen LogP contribution >= 0.6 is 0 Å². The average Bonchev–Trinajstić information content (AvgIpc) is 2.99. The molecule has 110 valence electrons. The Bertz CT molecular complexity index is 726. The number of anilines is 1. The average molecular weight is 291 g/mol. The predicted octanol–water partition coefficient (Wildman–Crippen LogP) is -1.98. The van der Waals surface area contributed by atoms with Gasteiger partial charge >= 0.3 is 0 Å². The van der Waals surface area contributed by atoms with Crippen molar-refractivity contribution in [1.29, 1.82) is 0 Å². The SMILES string of the molecule is C#C[C@]1(O)C(n2cnc3cnc(N)nc32)O[C@H](CO)[C@H]1O. The van der Waals surface area contributed by atoms with E-state index in [4.69, 9.17) is 16.9 Å². The van der Waals surface area contributed by atoms with Gasteiger partial charge in [-0.05, 0) is 0 Å². The van der Waals surface area contributed by atoms with E-state index < -0.39 is 30.6 Å². The Hall–Kier alpha value is -2.25. The van der Waals surface area contributed by atoms with E-state index in [9.17, 15) is 15.3 Å². The van der Waals surface area contributed by atoms with Crippen molar-refractivity contribution in [2.75, 3.05) is 12.3 Å². The number of rotatable bonds is 2. The Balaban J connectivity index is 2.13. The van der Waals surface area contributed by atoms with Crippen LogP contribution in [0.3, 0.4) is 0 Å². The number of hydrogen-bond donors (Lipinski definition) is 4. The Morgan fingerprint density at radius 2 is 2.29 bits per heavy atom. The zero-order valence-corrected chi connectivity index (χ0v) is 10.8. The van der Waals surface area contributed by atoms with Gasteiger partial charge in [0.05, 0.1) is 19.1 Å². The third kappa shape index (κ3) is 1.85. The van der Waals surface area contributed by atoms with Crippen LogP contribution in [-0.2, 0) is 4.74 Å². The van der Waals surface area contributed by atoms with Gasteiger partial charge in [0.1, 0.15) is 17.7 Å². The number of imidazole rings is 1. The fourth-order valence-corrected chi connectivity index (χ4v) is 2.36. The van der Waals surface area contributed by atoms with Crippen molar-refractivity contribution in [3.63, 3.8) is 0 Å². The quantitative estimate of drug-likeness (QED) is 0.467. The summed E-state index contributed by atoms with van der Waals surface area (Å²) in [5.74, 6) is 2.14. The zero-order valence-electron chi connectivity index (χ0n) is 10.8. The Labute approximate surface area is 119 Å². The molecular formula is C12H13N5O4. The molecule has 0 amide bonds. The van der Waals surface area contributed by atoms with Crippen molar-refractivity contribution in [2.45, 2.75) is 24.0 Å². The lowest BCUT2D eigenvalue weighted by molar-refractivity contribution is -0.0721.